The van der Waals surface area contributed by atoms with E-state index < -0.39 is 0 Å². The highest BCUT2D eigenvalue weighted by Gasteiger charge is 2.18. The van der Waals surface area contributed by atoms with Crippen molar-refractivity contribution < 1.29 is 9.53 Å². The van der Waals surface area contributed by atoms with Crippen molar-refractivity contribution in [2.45, 2.75) is 53.1 Å². The summed E-state index contributed by atoms with van der Waals surface area (Å²) in [5, 5.41) is 0. The first-order valence-electron chi connectivity index (χ1n) is 4.64. The molecule has 0 aliphatic carbocycles. The average molecular weight is 184 g/mol. The van der Waals surface area contributed by atoms with E-state index in [9.17, 15) is 4.79 Å². The molecular formula is C11H20O2. The van der Waals surface area contributed by atoms with E-state index in [0.29, 0.717) is 6.42 Å². The Morgan fingerprint density at radius 3 is 2.23 bits per heavy atom. The molecule has 0 atom stereocenters. The van der Waals surface area contributed by atoms with Crippen molar-refractivity contribution in [3.05, 3.63) is 11.8 Å². The number of rotatable bonds is 5. The molecule has 0 aromatic rings. The number of hydrogen-bond donors (Lipinski definition) is 0. The van der Waals surface area contributed by atoms with Crippen LogP contribution < -0.4 is 0 Å². The lowest BCUT2D eigenvalue weighted by molar-refractivity contribution is -0.118. The minimum absolute atomic E-state index is 0.217. The van der Waals surface area contributed by atoms with Crippen LogP contribution in [0.2, 0.25) is 0 Å². The van der Waals surface area contributed by atoms with E-state index in [0.717, 1.165) is 12.0 Å². The fourth-order valence-corrected chi connectivity index (χ4v) is 0.813. The van der Waals surface area contributed by atoms with Crippen LogP contribution in [0.1, 0.15) is 47.5 Å². The summed E-state index contributed by atoms with van der Waals surface area (Å²) in [7, 11) is 0. The van der Waals surface area contributed by atoms with Crippen molar-refractivity contribution in [1.29, 1.82) is 0 Å². The fourth-order valence-electron chi connectivity index (χ4n) is 0.813. The third kappa shape index (κ3) is 7.57. The van der Waals surface area contributed by atoms with E-state index in [-0.39, 0.29) is 11.4 Å². The normalized spacial score (nSPS) is 10.8. The van der Waals surface area contributed by atoms with Crippen LogP contribution in [0.15, 0.2) is 11.8 Å². The molecule has 0 saturated carbocycles. The first kappa shape index (κ1) is 12.2. The summed E-state index contributed by atoms with van der Waals surface area (Å²) >= 11 is 0. The lowest BCUT2D eigenvalue weighted by Gasteiger charge is -2.24. The van der Waals surface area contributed by atoms with Crippen LogP contribution in [-0.2, 0) is 9.53 Å². The Kier molecular flexibility index (Phi) is 4.74. The Morgan fingerprint density at radius 1 is 1.31 bits per heavy atom. The van der Waals surface area contributed by atoms with Gasteiger partial charge in [0.1, 0.15) is 11.4 Å². The molecule has 0 spiro atoms. The SMILES string of the molecule is CC(=O)CCC(C)(C)OC=C(C)C. The van der Waals surface area contributed by atoms with Crippen molar-refractivity contribution in [3.63, 3.8) is 0 Å². The van der Waals surface area contributed by atoms with Gasteiger partial charge in [-0.25, -0.2) is 0 Å². The lowest BCUT2D eigenvalue weighted by Crippen LogP contribution is -2.22. The van der Waals surface area contributed by atoms with E-state index >= 15 is 0 Å². The van der Waals surface area contributed by atoms with Gasteiger partial charge in [0.15, 0.2) is 0 Å². The van der Waals surface area contributed by atoms with Gasteiger partial charge in [0, 0.05) is 6.42 Å². The van der Waals surface area contributed by atoms with Crippen LogP contribution in [0, 0.1) is 0 Å². The molecule has 0 aromatic carbocycles. The average Bonchev–Trinajstić information content (AvgIpc) is 1.98. The Morgan fingerprint density at radius 2 is 1.85 bits per heavy atom. The molecule has 2 nitrogen and oxygen atoms in total. The molecule has 0 aliphatic heterocycles. The maximum absolute atomic E-state index is 10.8. The van der Waals surface area contributed by atoms with Crippen molar-refractivity contribution in [3.8, 4) is 0 Å². The van der Waals surface area contributed by atoms with Crippen LogP contribution in [0.4, 0.5) is 0 Å². The Bertz CT molecular complexity index is 198. The van der Waals surface area contributed by atoms with Crippen LogP contribution in [0.5, 0.6) is 0 Å². The summed E-state index contributed by atoms with van der Waals surface area (Å²) in [6, 6.07) is 0. The van der Waals surface area contributed by atoms with Crippen LogP contribution in [0.3, 0.4) is 0 Å². The number of Topliss-reactive ketones (excluding diaryl/α,β-unsaturated/α-hetero) is 1. The number of carbonyl (C=O) groups excluding carboxylic acids is 1. The monoisotopic (exact) mass is 184 g/mol. The van der Waals surface area contributed by atoms with Crippen LogP contribution in [0.25, 0.3) is 0 Å². The number of ether oxygens (including phenoxy) is 1. The second-order valence-corrected chi connectivity index (χ2v) is 4.27. The molecule has 0 aliphatic rings. The standard InChI is InChI=1S/C11H20O2/c1-9(2)8-13-11(4,5)7-6-10(3)12/h8H,6-7H2,1-5H3. The van der Waals surface area contributed by atoms with Crippen molar-refractivity contribution in [2.75, 3.05) is 0 Å². The molecule has 0 heterocycles. The number of ketones is 1. The molecule has 2 heteroatoms. The lowest BCUT2D eigenvalue weighted by atomic mass is 10.0. The molecule has 76 valence electrons. The molecule has 0 unspecified atom stereocenters. The Labute approximate surface area is 81.0 Å². The Hall–Kier alpha value is -0.790. The Balaban J connectivity index is 3.93. The predicted molar refractivity (Wildman–Crippen MR) is 54.5 cm³/mol. The zero-order valence-electron chi connectivity index (χ0n) is 9.31. The smallest absolute Gasteiger partial charge is 0.129 e. The van der Waals surface area contributed by atoms with Crippen molar-refractivity contribution in [2.24, 2.45) is 0 Å². The van der Waals surface area contributed by atoms with E-state index in [4.69, 9.17) is 4.74 Å². The largest absolute Gasteiger partial charge is 0.496 e. The number of carbonyl (C=O) groups is 1. The highest BCUT2D eigenvalue weighted by molar-refractivity contribution is 5.75. The van der Waals surface area contributed by atoms with Gasteiger partial charge in [0.05, 0.1) is 6.26 Å². The van der Waals surface area contributed by atoms with Gasteiger partial charge in [-0.05, 0) is 46.6 Å². The molecule has 0 radical (unpaired) electrons. The van der Waals surface area contributed by atoms with Gasteiger partial charge in [-0.1, -0.05) is 0 Å². The summed E-state index contributed by atoms with van der Waals surface area (Å²) in [6.45, 7) is 9.57. The first-order chi connectivity index (χ1) is 5.83. The second-order valence-electron chi connectivity index (χ2n) is 4.27. The van der Waals surface area contributed by atoms with E-state index in [2.05, 4.69) is 0 Å². The molecule has 13 heavy (non-hydrogen) atoms. The summed E-state index contributed by atoms with van der Waals surface area (Å²) in [4.78, 5) is 10.8. The third-order valence-electron chi connectivity index (χ3n) is 1.69. The molecule has 0 rings (SSSR count). The van der Waals surface area contributed by atoms with Crippen molar-refractivity contribution in [1.82, 2.24) is 0 Å². The van der Waals surface area contributed by atoms with Gasteiger partial charge in [0.2, 0.25) is 0 Å². The predicted octanol–water partition coefficient (Wildman–Crippen LogP) is 3.07. The number of hydrogen-bond acceptors (Lipinski definition) is 2. The van der Waals surface area contributed by atoms with Gasteiger partial charge < -0.3 is 9.53 Å². The van der Waals surface area contributed by atoms with E-state index in [1.807, 2.05) is 27.7 Å². The minimum atomic E-state index is -0.233. The van der Waals surface area contributed by atoms with Crippen LogP contribution in [-0.4, -0.2) is 11.4 Å². The molecule has 0 amide bonds. The molecule has 0 fully saturated rings. The first-order valence-corrected chi connectivity index (χ1v) is 4.64. The maximum Gasteiger partial charge on any atom is 0.129 e. The second kappa shape index (κ2) is 5.05. The summed E-state index contributed by atoms with van der Waals surface area (Å²) in [5.74, 6) is 0.217. The summed E-state index contributed by atoms with van der Waals surface area (Å²) in [6.07, 6.45) is 3.11. The van der Waals surface area contributed by atoms with Gasteiger partial charge >= 0.3 is 0 Å². The quantitative estimate of drug-likeness (QED) is 0.614. The zero-order chi connectivity index (χ0) is 10.5. The molecule has 0 saturated heterocycles. The van der Waals surface area contributed by atoms with Gasteiger partial charge in [0.25, 0.3) is 0 Å². The highest BCUT2D eigenvalue weighted by atomic mass is 16.5. The highest BCUT2D eigenvalue weighted by Crippen LogP contribution is 2.17. The number of allylic oxidation sites excluding steroid dienone is 1. The molecule has 0 bridgehead atoms. The fraction of sp³-hybridized carbons (Fsp3) is 0.727. The van der Waals surface area contributed by atoms with Crippen molar-refractivity contribution >= 4 is 5.78 Å². The maximum atomic E-state index is 10.8. The summed E-state index contributed by atoms with van der Waals surface area (Å²) in [5.41, 5.74) is 0.902. The van der Waals surface area contributed by atoms with Gasteiger partial charge in [-0.3, -0.25) is 0 Å². The van der Waals surface area contributed by atoms with Gasteiger partial charge in [-0.15, -0.1) is 0 Å². The van der Waals surface area contributed by atoms with Crippen LogP contribution >= 0.6 is 0 Å². The van der Waals surface area contributed by atoms with Gasteiger partial charge in [-0.2, -0.15) is 0 Å². The summed E-state index contributed by atoms with van der Waals surface area (Å²) < 4.78 is 5.53. The minimum Gasteiger partial charge on any atom is -0.496 e. The van der Waals surface area contributed by atoms with E-state index in [1.54, 1.807) is 13.2 Å². The molecule has 0 aromatic heterocycles. The topological polar surface area (TPSA) is 26.3 Å². The zero-order valence-corrected chi connectivity index (χ0v) is 9.31. The molecule has 0 N–H and O–H groups in total. The third-order valence-corrected chi connectivity index (χ3v) is 1.69. The molecular weight excluding hydrogens is 164 g/mol. The van der Waals surface area contributed by atoms with E-state index in [1.165, 1.54) is 0 Å².